The maximum absolute atomic E-state index is 12.2. The standard InChI is InChI=1S/C16H17NO6/c1-9(18)13-14(10-4-3-5-11(8-10)23-2)17(7-6-12(19)20)16(22)15(13)21/h3-5,8,14,21H,6-7H2,1-2H3,(H,19,20)/t14-/m1/s1. The van der Waals surface area contributed by atoms with Gasteiger partial charge in [-0.3, -0.25) is 14.4 Å². The van der Waals surface area contributed by atoms with Gasteiger partial charge in [0.15, 0.2) is 11.5 Å². The van der Waals surface area contributed by atoms with Crippen molar-refractivity contribution in [2.75, 3.05) is 13.7 Å². The number of carboxylic acids is 1. The van der Waals surface area contributed by atoms with E-state index in [-0.39, 0.29) is 18.5 Å². The van der Waals surface area contributed by atoms with Crippen LogP contribution in [0.1, 0.15) is 24.9 Å². The van der Waals surface area contributed by atoms with E-state index in [0.717, 1.165) is 0 Å². The van der Waals surface area contributed by atoms with Crippen LogP contribution in [0.2, 0.25) is 0 Å². The minimum absolute atomic E-state index is 0.0337. The molecule has 1 heterocycles. The van der Waals surface area contributed by atoms with E-state index in [4.69, 9.17) is 9.84 Å². The number of carbonyl (C=O) groups is 3. The molecule has 122 valence electrons. The monoisotopic (exact) mass is 319 g/mol. The molecule has 0 aliphatic carbocycles. The lowest BCUT2D eigenvalue weighted by Crippen LogP contribution is -2.33. The summed E-state index contributed by atoms with van der Waals surface area (Å²) in [6.07, 6.45) is -0.287. The maximum Gasteiger partial charge on any atom is 0.305 e. The van der Waals surface area contributed by atoms with Crippen molar-refractivity contribution in [2.45, 2.75) is 19.4 Å². The molecular weight excluding hydrogens is 302 g/mol. The normalized spacial score (nSPS) is 17.6. The molecule has 0 spiro atoms. The van der Waals surface area contributed by atoms with E-state index in [1.807, 2.05) is 0 Å². The Labute approximate surface area is 132 Å². The Bertz CT molecular complexity index is 694. The fraction of sp³-hybridized carbons (Fsp3) is 0.312. The van der Waals surface area contributed by atoms with Gasteiger partial charge in [0.1, 0.15) is 5.75 Å². The number of carbonyl (C=O) groups excluding carboxylic acids is 2. The average Bonchev–Trinajstić information content (AvgIpc) is 2.77. The quantitative estimate of drug-likeness (QED) is 0.822. The molecule has 0 saturated carbocycles. The summed E-state index contributed by atoms with van der Waals surface area (Å²) in [5, 5.41) is 18.8. The van der Waals surface area contributed by atoms with Crippen molar-refractivity contribution in [1.82, 2.24) is 4.90 Å². The number of ketones is 1. The number of aliphatic carboxylic acids is 1. The summed E-state index contributed by atoms with van der Waals surface area (Å²) in [7, 11) is 1.49. The highest BCUT2D eigenvalue weighted by molar-refractivity contribution is 6.08. The lowest BCUT2D eigenvalue weighted by atomic mass is 9.96. The van der Waals surface area contributed by atoms with Gasteiger partial charge in [0.2, 0.25) is 0 Å². The van der Waals surface area contributed by atoms with Crippen molar-refractivity contribution in [3.8, 4) is 5.75 Å². The summed E-state index contributed by atoms with van der Waals surface area (Å²) in [6.45, 7) is 1.14. The van der Waals surface area contributed by atoms with Crippen molar-refractivity contribution >= 4 is 17.7 Å². The summed E-state index contributed by atoms with van der Waals surface area (Å²) in [5.41, 5.74) is 0.533. The van der Waals surface area contributed by atoms with Crippen LogP contribution in [-0.4, -0.2) is 46.4 Å². The molecule has 0 radical (unpaired) electrons. The van der Waals surface area contributed by atoms with E-state index in [2.05, 4.69) is 0 Å². The van der Waals surface area contributed by atoms with Crippen LogP contribution in [-0.2, 0) is 14.4 Å². The van der Waals surface area contributed by atoms with Crippen LogP contribution in [0.25, 0.3) is 0 Å². The number of methoxy groups -OCH3 is 1. The zero-order valence-electron chi connectivity index (χ0n) is 12.8. The van der Waals surface area contributed by atoms with Gasteiger partial charge in [0, 0.05) is 6.54 Å². The van der Waals surface area contributed by atoms with E-state index >= 15 is 0 Å². The van der Waals surface area contributed by atoms with Crippen LogP contribution in [0.15, 0.2) is 35.6 Å². The molecule has 1 atom stereocenters. The lowest BCUT2D eigenvalue weighted by Gasteiger charge is -2.26. The van der Waals surface area contributed by atoms with Crippen LogP contribution in [0.3, 0.4) is 0 Å². The number of nitrogens with zero attached hydrogens (tertiary/aromatic N) is 1. The third-order valence-electron chi connectivity index (χ3n) is 3.66. The summed E-state index contributed by atoms with van der Waals surface area (Å²) in [5.74, 6) is -2.36. The van der Waals surface area contributed by atoms with E-state index < -0.39 is 29.5 Å². The fourth-order valence-electron chi connectivity index (χ4n) is 2.62. The zero-order chi connectivity index (χ0) is 17.1. The second-order valence-electron chi connectivity index (χ2n) is 5.14. The van der Waals surface area contributed by atoms with Gasteiger partial charge in [-0.15, -0.1) is 0 Å². The lowest BCUT2D eigenvalue weighted by molar-refractivity contribution is -0.138. The molecule has 7 nitrogen and oxygen atoms in total. The molecule has 1 aromatic carbocycles. The van der Waals surface area contributed by atoms with Crippen molar-refractivity contribution in [2.24, 2.45) is 0 Å². The van der Waals surface area contributed by atoms with Gasteiger partial charge in [-0.25, -0.2) is 0 Å². The first-order valence-electron chi connectivity index (χ1n) is 6.97. The second-order valence-corrected chi connectivity index (χ2v) is 5.14. The summed E-state index contributed by atoms with van der Waals surface area (Å²) >= 11 is 0. The number of aliphatic hydroxyl groups excluding tert-OH is 1. The topological polar surface area (TPSA) is 104 Å². The molecule has 0 aromatic heterocycles. The Morgan fingerprint density at radius 3 is 2.61 bits per heavy atom. The highest BCUT2D eigenvalue weighted by Gasteiger charge is 2.42. The first-order chi connectivity index (χ1) is 10.9. The van der Waals surface area contributed by atoms with Crippen molar-refractivity contribution in [1.29, 1.82) is 0 Å². The molecule has 2 N–H and O–H groups in total. The van der Waals surface area contributed by atoms with Gasteiger partial charge in [0.25, 0.3) is 5.91 Å². The van der Waals surface area contributed by atoms with Gasteiger partial charge < -0.3 is 19.8 Å². The third-order valence-corrected chi connectivity index (χ3v) is 3.66. The number of hydrogen-bond acceptors (Lipinski definition) is 5. The molecule has 0 saturated heterocycles. The predicted molar refractivity (Wildman–Crippen MR) is 80.0 cm³/mol. The molecule has 1 aromatic rings. The largest absolute Gasteiger partial charge is 0.503 e. The Hall–Kier alpha value is -2.83. The number of carboxylic acid groups (broad SMARTS) is 1. The number of Topliss-reactive ketones (excluding diaryl/α,β-unsaturated/α-hetero) is 1. The van der Waals surface area contributed by atoms with Gasteiger partial charge >= 0.3 is 5.97 Å². The first kappa shape index (κ1) is 16.5. The minimum Gasteiger partial charge on any atom is -0.503 e. The molecule has 7 heteroatoms. The van der Waals surface area contributed by atoms with Crippen LogP contribution < -0.4 is 4.74 Å². The number of hydrogen-bond donors (Lipinski definition) is 2. The number of amides is 1. The first-order valence-corrected chi connectivity index (χ1v) is 6.97. The van der Waals surface area contributed by atoms with Gasteiger partial charge in [0.05, 0.1) is 25.1 Å². The van der Waals surface area contributed by atoms with Gasteiger partial charge in [-0.2, -0.15) is 0 Å². The van der Waals surface area contributed by atoms with Crippen LogP contribution in [0.5, 0.6) is 5.75 Å². The average molecular weight is 319 g/mol. The Morgan fingerprint density at radius 1 is 1.35 bits per heavy atom. The SMILES string of the molecule is COc1cccc([C@@H]2C(C(C)=O)=C(O)C(=O)N2CCC(=O)O)c1. The number of aliphatic hydroxyl groups is 1. The number of ether oxygens (including phenoxy) is 1. The minimum atomic E-state index is -1.07. The Kier molecular flexibility index (Phi) is 4.68. The molecule has 1 aliphatic heterocycles. The van der Waals surface area contributed by atoms with E-state index in [1.54, 1.807) is 24.3 Å². The van der Waals surface area contributed by atoms with E-state index in [1.165, 1.54) is 18.9 Å². The fourth-order valence-corrected chi connectivity index (χ4v) is 2.62. The highest BCUT2D eigenvalue weighted by atomic mass is 16.5. The smallest absolute Gasteiger partial charge is 0.305 e. The molecular formula is C16H17NO6. The number of rotatable bonds is 6. The van der Waals surface area contributed by atoms with Gasteiger partial charge in [-0.05, 0) is 24.6 Å². The third kappa shape index (κ3) is 3.18. The molecule has 23 heavy (non-hydrogen) atoms. The molecule has 0 unspecified atom stereocenters. The molecule has 2 rings (SSSR count). The molecule has 1 aliphatic rings. The van der Waals surface area contributed by atoms with Crippen molar-refractivity contribution < 1.29 is 29.3 Å². The second kappa shape index (κ2) is 6.51. The maximum atomic E-state index is 12.2. The summed E-state index contributed by atoms with van der Waals surface area (Å²) in [4.78, 5) is 36.1. The van der Waals surface area contributed by atoms with Crippen molar-refractivity contribution in [3.05, 3.63) is 41.2 Å². The Balaban J connectivity index is 2.48. The van der Waals surface area contributed by atoms with E-state index in [9.17, 15) is 19.5 Å². The molecule has 1 amide bonds. The predicted octanol–water partition coefficient (Wildman–Crippen LogP) is 1.45. The molecule has 0 fully saturated rings. The van der Waals surface area contributed by atoms with E-state index in [0.29, 0.717) is 11.3 Å². The highest BCUT2D eigenvalue weighted by Crippen LogP contribution is 2.38. The van der Waals surface area contributed by atoms with Gasteiger partial charge in [-0.1, -0.05) is 12.1 Å². The Morgan fingerprint density at radius 2 is 2.04 bits per heavy atom. The zero-order valence-corrected chi connectivity index (χ0v) is 12.8. The number of benzene rings is 1. The van der Waals surface area contributed by atoms with Crippen LogP contribution >= 0.6 is 0 Å². The molecule has 0 bridgehead atoms. The van der Waals surface area contributed by atoms with Crippen molar-refractivity contribution in [3.63, 3.8) is 0 Å². The van der Waals surface area contributed by atoms with Crippen LogP contribution in [0.4, 0.5) is 0 Å². The summed E-state index contributed by atoms with van der Waals surface area (Å²) in [6, 6.07) is 5.91. The summed E-state index contributed by atoms with van der Waals surface area (Å²) < 4.78 is 5.14. The van der Waals surface area contributed by atoms with Crippen LogP contribution in [0, 0.1) is 0 Å².